The van der Waals surface area contributed by atoms with Crippen LogP contribution in [0.1, 0.15) is 12.8 Å². The minimum Gasteiger partial charge on any atom is -0.393 e. The van der Waals surface area contributed by atoms with Gasteiger partial charge < -0.3 is 5.11 Å². The molecule has 0 aromatic heterocycles. The van der Waals surface area contributed by atoms with E-state index < -0.39 is 10.2 Å². The lowest BCUT2D eigenvalue weighted by molar-refractivity contribution is 0.0363. The van der Waals surface area contributed by atoms with Gasteiger partial charge in [-0.2, -0.15) is 17.0 Å². The molecule has 0 spiro atoms. The van der Waals surface area contributed by atoms with Gasteiger partial charge in [-0.3, -0.25) is 0 Å². The molecule has 0 saturated heterocycles. The van der Waals surface area contributed by atoms with Crippen molar-refractivity contribution in [3.05, 3.63) is 0 Å². The molecule has 5 nitrogen and oxygen atoms in total. The zero-order chi connectivity index (χ0) is 10.9. The number of nitrogens with zero attached hydrogens (tertiary/aromatic N) is 2. The zero-order valence-corrected chi connectivity index (χ0v) is 9.66. The molecule has 0 amide bonds. The SMILES string of the molecule is CN(C)S(=O)(=O)N(C)CC1CC(O)C1. The number of rotatable bonds is 4. The molecule has 0 atom stereocenters. The lowest BCUT2D eigenvalue weighted by Crippen LogP contribution is -2.43. The summed E-state index contributed by atoms with van der Waals surface area (Å²) in [6.45, 7) is 0.498. The van der Waals surface area contributed by atoms with Gasteiger partial charge in [-0.05, 0) is 18.8 Å². The van der Waals surface area contributed by atoms with Gasteiger partial charge in [-0.15, -0.1) is 0 Å². The van der Waals surface area contributed by atoms with Crippen molar-refractivity contribution in [3.8, 4) is 0 Å². The zero-order valence-electron chi connectivity index (χ0n) is 8.84. The summed E-state index contributed by atoms with van der Waals surface area (Å²) < 4.78 is 25.7. The quantitative estimate of drug-likeness (QED) is 0.697. The van der Waals surface area contributed by atoms with Gasteiger partial charge in [-0.1, -0.05) is 0 Å². The molecule has 1 aliphatic rings. The van der Waals surface area contributed by atoms with E-state index in [0.717, 1.165) is 0 Å². The van der Waals surface area contributed by atoms with Crippen molar-refractivity contribution in [1.29, 1.82) is 0 Å². The van der Waals surface area contributed by atoms with Crippen molar-refractivity contribution in [2.24, 2.45) is 5.92 Å². The average Bonchev–Trinajstić information content (AvgIpc) is 2.01. The fourth-order valence-corrected chi connectivity index (χ4v) is 2.54. The van der Waals surface area contributed by atoms with Crippen LogP contribution in [0.15, 0.2) is 0 Å². The van der Waals surface area contributed by atoms with Gasteiger partial charge in [0.25, 0.3) is 10.2 Å². The summed E-state index contributed by atoms with van der Waals surface area (Å²) in [5, 5.41) is 9.06. The molecule has 84 valence electrons. The molecule has 1 aliphatic carbocycles. The van der Waals surface area contributed by atoms with E-state index in [1.807, 2.05) is 0 Å². The summed E-state index contributed by atoms with van der Waals surface area (Å²) in [6, 6.07) is 0. The molecule has 0 radical (unpaired) electrons. The monoisotopic (exact) mass is 222 g/mol. The first-order valence-electron chi connectivity index (χ1n) is 4.66. The molecule has 0 aromatic carbocycles. The number of hydrogen-bond donors (Lipinski definition) is 1. The van der Waals surface area contributed by atoms with Crippen molar-refractivity contribution >= 4 is 10.2 Å². The van der Waals surface area contributed by atoms with Crippen LogP contribution in [0.3, 0.4) is 0 Å². The maximum Gasteiger partial charge on any atom is 0.281 e. The summed E-state index contributed by atoms with van der Waals surface area (Å²) in [4.78, 5) is 0. The second-order valence-electron chi connectivity index (χ2n) is 4.06. The van der Waals surface area contributed by atoms with E-state index in [0.29, 0.717) is 25.3 Å². The van der Waals surface area contributed by atoms with Gasteiger partial charge in [-0.25, -0.2) is 0 Å². The molecular weight excluding hydrogens is 204 g/mol. The molecule has 0 aliphatic heterocycles. The molecular formula is C8H18N2O3S. The van der Waals surface area contributed by atoms with Gasteiger partial charge in [0.1, 0.15) is 0 Å². The third-order valence-electron chi connectivity index (χ3n) is 2.58. The topological polar surface area (TPSA) is 60.9 Å². The average molecular weight is 222 g/mol. The Morgan fingerprint density at radius 1 is 1.29 bits per heavy atom. The maximum absolute atomic E-state index is 11.6. The number of hydrogen-bond acceptors (Lipinski definition) is 3. The molecule has 0 aromatic rings. The number of aliphatic hydroxyl groups excluding tert-OH is 1. The highest BCUT2D eigenvalue weighted by atomic mass is 32.2. The molecule has 1 rings (SSSR count). The minimum absolute atomic E-state index is 0.226. The van der Waals surface area contributed by atoms with Crippen LogP contribution < -0.4 is 0 Å². The Labute approximate surface area is 85.5 Å². The van der Waals surface area contributed by atoms with Gasteiger partial charge >= 0.3 is 0 Å². The van der Waals surface area contributed by atoms with Crippen LogP contribution in [0.5, 0.6) is 0 Å². The summed E-state index contributed by atoms with van der Waals surface area (Å²) in [5.41, 5.74) is 0. The summed E-state index contributed by atoms with van der Waals surface area (Å²) >= 11 is 0. The van der Waals surface area contributed by atoms with E-state index in [4.69, 9.17) is 5.11 Å². The van der Waals surface area contributed by atoms with E-state index in [2.05, 4.69) is 0 Å². The lowest BCUT2D eigenvalue weighted by Gasteiger charge is -2.34. The molecule has 1 N–H and O–H groups in total. The van der Waals surface area contributed by atoms with Crippen LogP contribution in [0.4, 0.5) is 0 Å². The Morgan fingerprint density at radius 2 is 1.79 bits per heavy atom. The first-order valence-corrected chi connectivity index (χ1v) is 6.05. The summed E-state index contributed by atoms with van der Waals surface area (Å²) in [5.74, 6) is 0.310. The Balaban J connectivity index is 2.46. The second kappa shape index (κ2) is 4.14. The molecule has 0 unspecified atom stereocenters. The van der Waals surface area contributed by atoms with Crippen LogP contribution >= 0.6 is 0 Å². The summed E-state index contributed by atoms with van der Waals surface area (Å²) in [6.07, 6.45) is 1.20. The fourth-order valence-electron chi connectivity index (χ4n) is 1.59. The maximum atomic E-state index is 11.6. The van der Waals surface area contributed by atoms with Gasteiger partial charge in [0.05, 0.1) is 6.10 Å². The van der Waals surface area contributed by atoms with Crippen LogP contribution in [0.2, 0.25) is 0 Å². The normalized spacial score (nSPS) is 28.1. The molecule has 1 fully saturated rings. The highest BCUT2D eigenvalue weighted by Crippen LogP contribution is 2.28. The van der Waals surface area contributed by atoms with Gasteiger partial charge in [0.15, 0.2) is 0 Å². The molecule has 6 heteroatoms. The fraction of sp³-hybridized carbons (Fsp3) is 1.00. The van der Waals surface area contributed by atoms with Crippen molar-refractivity contribution in [2.45, 2.75) is 18.9 Å². The Morgan fingerprint density at radius 3 is 2.14 bits per heavy atom. The standard InChI is InChI=1S/C8H18N2O3S/c1-9(2)14(12,13)10(3)6-7-4-8(11)5-7/h7-8,11H,4-6H2,1-3H3. The first-order chi connectivity index (χ1) is 6.34. The van der Waals surface area contributed by atoms with Crippen LogP contribution in [-0.2, 0) is 10.2 Å². The molecule has 14 heavy (non-hydrogen) atoms. The first kappa shape index (κ1) is 11.9. The Kier molecular flexibility index (Phi) is 3.52. The van der Waals surface area contributed by atoms with Crippen LogP contribution in [0.25, 0.3) is 0 Å². The van der Waals surface area contributed by atoms with Gasteiger partial charge in [0.2, 0.25) is 0 Å². The molecule has 1 saturated carbocycles. The number of aliphatic hydroxyl groups is 1. The highest BCUT2D eigenvalue weighted by Gasteiger charge is 2.31. The molecule has 0 heterocycles. The van der Waals surface area contributed by atoms with E-state index >= 15 is 0 Å². The van der Waals surface area contributed by atoms with E-state index in [9.17, 15) is 8.42 Å². The van der Waals surface area contributed by atoms with Crippen LogP contribution in [0, 0.1) is 5.92 Å². The second-order valence-corrected chi connectivity index (χ2v) is 6.31. The largest absolute Gasteiger partial charge is 0.393 e. The highest BCUT2D eigenvalue weighted by molar-refractivity contribution is 7.86. The van der Waals surface area contributed by atoms with Crippen molar-refractivity contribution in [1.82, 2.24) is 8.61 Å². The smallest absolute Gasteiger partial charge is 0.281 e. The van der Waals surface area contributed by atoms with Gasteiger partial charge in [0, 0.05) is 27.7 Å². The Hall–Kier alpha value is -0.170. The summed E-state index contributed by atoms with van der Waals surface area (Å²) in [7, 11) is 1.32. The third-order valence-corrected chi connectivity index (χ3v) is 4.44. The lowest BCUT2D eigenvalue weighted by atomic mass is 9.82. The van der Waals surface area contributed by atoms with E-state index in [1.165, 1.54) is 22.7 Å². The predicted octanol–water partition coefficient (Wildman–Crippen LogP) is -0.504. The predicted molar refractivity (Wildman–Crippen MR) is 54.0 cm³/mol. The Bertz CT molecular complexity index is 283. The van der Waals surface area contributed by atoms with Crippen LogP contribution in [-0.4, -0.2) is 55.9 Å². The molecule has 0 bridgehead atoms. The minimum atomic E-state index is -3.28. The van der Waals surface area contributed by atoms with Crippen molar-refractivity contribution in [3.63, 3.8) is 0 Å². The van der Waals surface area contributed by atoms with E-state index in [-0.39, 0.29) is 6.10 Å². The van der Waals surface area contributed by atoms with Crippen molar-refractivity contribution in [2.75, 3.05) is 27.7 Å². The van der Waals surface area contributed by atoms with Crippen molar-refractivity contribution < 1.29 is 13.5 Å². The van der Waals surface area contributed by atoms with E-state index in [1.54, 1.807) is 7.05 Å². The third kappa shape index (κ3) is 2.44.